The molecule has 0 saturated heterocycles. The van der Waals surface area contributed by atoms with E-state index < -0.39 is 0 Å². The Morgan fingerprint density at radius 1 is 1.28 bits per heavy atom. The number of hydrogen-bond acceptors (Lipinski definition) is 2. The van der Waals surface area contributed by atoms with Gasteiger partial charge in [0.1, 0.15) is 0 Å². The lowest BCUT2D eigenvalue weighted by Crippen LogP contribution is -2.12. The zero-order valence-electron chi connectivity index (χ0n) is 11.2. The van der Waals surface area contributed by atoms with Crippen LogP contribution in [0.15, 0.2) is 24.3 Å². The third-order valence-electron chi connectivity index (χ3n) is 4.07. The third kappa shape index (κ3) is 3.20. The number of Topliss-reactive ketones (excluding diaryl/α,β-unsaturated/α-hetero) is 1. The summed E-state index contributed by atoms with van der Waals surface area (Å²) < 4.78 is 0. The fraction of sp³-hybridized carbons (Fsp3) is 0.562. The monoisotopic (exact) mass is 245 g/mol. The maximum atomic E-state index is 11.9. The first kappa shape index (κ1) is 13.3. The molecule has 0 heterocycles. The number of ketones is 1. The molecule has 1 aromatic rings. The average Bonchev–Trinajstić information content (AvgIpc) is 2.40. The van der Waals surface area contributed by atoms with Crippen LogP contribution in [0.2, 0.25) is 0 Å². The summed E-state index contributed by atoms with van der Waals surface area (Å²) in [5, 5.41) is 0. The zero-order valence-corrected chi connectivity index (χ0v) is 11.2. The predicted octanol–water partition coefficient (Wildman–Crippen LogP) is 3.51. The second kappa shape index (κ2) is 6.14. The summed E-state index contributed by atoms with van der Waals surface area (Å²) >= 11 is 0. The molecular formula is C16H23NO. The lowest BCUT2D eigenvalue weighted by molar-refractivity contribution is 0.0985. The summed E-state index contributed by atoms with van der Waals surface area (Å²) in [4.78, 5) is 11.9. The Kier molecular flexibility index (Phi) is 4.54. The first-order valence-corrected chi connectivity index (χ1v) is 7.04. The van der Waals surface area contributed by atoms with Gasteiger partial charge in [-0.3, -0.25) is 4.79 Å². The van der Waals surface area contributed by atoms with Crippen LogP contribution in [0.3, 0.4) is 0 Å². The minimum Gasteiger partial charge on any atom is -0.330 e. The molecule has 18 heavy (non-hydrogen) atoms. The van der Waals surface area contributed by atoms with Crippen LogP contribution in [0.1, 0.15) is 60.9 Å². The van der Waals surface area contributed by atoms with Crippen LogP contribution in [-0.4, -0.2) is 12.3 Å². The van der Waals surface area contributed by atoms with Gasteiger partial charge in [-0.05, 0) is 42.9 Å². The Morgan fingerprint density at radius 2 is 2.00 bits per heavy atom. The highest BCUT2D eigenvalue weighted by molar-refractivity contribution is 5.96. The Morgan fingerprint density at radius 3 is 2.67 bits per heavy atom. The molecular weight excluding hydrogens is 222 g/mol. The standard InChI is InChI=1S/C16H23NO/c1-12-5-7-13(8-6-12)14-3-2-4-15(11-14)16(18)9-10-17/h2-4,11-13H,5-10,17H2,1H3. The summed E-state index contributed by atoms with van der Waals surface area (Å²) in [6.45, 7) is 2.77. The van der Waals surface area contributed by atoms with Gasteiger partial charge in [0.25, 0.3) is 0 Å². The van der Waals surface area contributed by atoms with E-state index in [1.165, 1.54) is 31.2 Å². The molecule has 2 rings (SSSR count). The Balaban J connectivity index is 2.09. The van der Waals surface area contributed by atoms with Crippen LogP contribution in [0.25, 0.3) is 0 Å². The van der Waals surface area contributed by atoms with Crippen LogP contribution >= 0.6 is 0 Å². The number of hydrogen-bond donors (Lipinski definition) is 1. The van der Waals surface area contributed by atoms with Gasteiger partial charge in [-0.1, -0.05) is 38.0 Å². The summed E-state index contributed by atoms with van der Waals surface area (Å²) in [5.74, 6) is 1.68. The van der Waals surface area contributed by atoms with Crippen molar-refractivity contribution in [1.82, 2.24) is 0 Å². The molecule has 0 bridgehead atoms. The van der Waals surface area contributed by atoms with E-state index in [0.29, 0.717) is 18.9 Å². The van der Waals surface area contributed by atoms with Gasteiger partial charge in [0.05, 0.1) is 0 Å². The highest BCUT2D eigenvalue weighted by atomic mass is 16.1. The first-order chi connectivity index (χ1) is 8.70. The highest BCUT2D eigenvalue weighted by Gasteiger charge is 2.20. The van der Waals surface area contributed by atoms with E-state index in [1.54, 1.807) is 0 Å². The molecule has 1 aromatic carbocycles. The minimum absolute atomic E-state index is 0.170. The van der Waals surface area contributed by atoms with E-state index in [0.717, 1.165) is 11.5 Å². The molecule has 1 saturated carbocycles. The van der Waals surface area contributed by atoms with Gasteiger partial charge >= 0.3 is 0 Å². The van der Waals surface area contributed by atoms with Crippen molar-refractivity contribution in [2.75, 3.05) is 6.54 Å². The second-order valence-corrected chi connectivity index (χ2v) is 5.54. The molecule has 0 atom stereocenters. The lowest BCUT2D eigenvalue weighted by Gasteiger charge is -2.26. The molecule has 1 fully saturated rings. The minimum atomic E-state index is 0.170. The normalized spacial score (nSPS) is 23.9. The molecule has 1 aliphatic carbocycles. The topological polar surface area (TPSA) is 43.1 Å². The number of carbonyl (C=O) groups is 1. The van der Waals surface area contributed by atoms with Crippen molar-refractivity contribution in [1.29, 1.82) is 0 Å². The highest BCUT2D eigenvalue weighted by Crippen LogP contribution is 2.35. The predicted molar refractivity (Wildman–Crippen MR) is 74.8 cm³/mol. The van der Waals surface area contributed by atoms with E-state index in [1.807, 2.05) is 12.1 Å². The second-order valence-electron chi connectivity index (χ2n) is 5.54. The van der Waals surface area contributed by atoms with Crippen molar-refractivity contribution in [3.63, 3.8) is 0 Å². The van der Waals surface area contributed by atoms with Gasteiger partial charge in [0.2, 0.25) is 0 Å². The average molecular weight is 245 g/mol. The SMILES string of the molecule is CC1CCC(c2cccc(C(=O)CCN)c2)CC1. The largest absolute Gasteiger partial charge is 0.330 e. The molecule has 2 N–H and O–H groups in total. The number of nitrogens with two attached hydrogens (primary N) is 1. The van der Waals surface area contributed by atoms with Crippen LogP contribution in [-0.2, 0) is 0 Å². The van der Waals surface area contributed by atoms with Crippen molar-refractivity contribution in [3.05, 3.63) is 35.4 Å². The van der Waals surface area contributed by atoms with E-state index >= 15 is 0 Å². The van der Waals surface area contributed by atoms with Gasteiger partial charge in [-0.25, -0.2) is 0 Å². The summed E-state index contributed by atoms with van der Waals surface area (Å²) in [7, 11) is 0. The number of benzene rings is 1. The molecule has 0 radical (unpaired) electrons. The van der Waals surface area contributed by atoms with Crippen LogP contribution < -0.4 is 5.73 Å². The summed E-state index contributed by atoms with van der Waals surface area (Å²) in [6, 6.07) is 8.17. The van der Waals surface area contributed by atoms with Crippen molar-refractivity contribution >= 4 is 5.78 Å². The molecule has 1 aliphatic rings. The van der Waals surface area contributed by atoms with Gasteiger partial charge in [-0.15, -0.1) is 0 Å². The third-order valence-corrected chi connectivity index (χ3v) is 4.07. The van der Waals surface area contributed by atoms with Crippen LogP contribution in [0.4, 0.5) is 0 Å². The lowest BCUT2D eigenvalue weighted by atomic mass is 9.79. The molecule has 0 amide bonds. The van der Waals surface area contributed by atoms with E-state index in [2.05, 4.69) is 19.1 Å². The summed E-state index contributed by atoms with van der Waals surface area (Å²) in [5.41, 5.74) is 7.61. The number of carbonyl (C=O) groups excluding carboxylic acids is 1. The van der Waals surface area contributed by atoms with E-state index in [4.69, 9.17) is 5.73 Å². The van der Waals surface area contributed by atoms with Crippen molar-refractivity contribution in [2.24, 2.45) is 11.7 Å². The van der Waals surface area contributed by atoms with Gasteiger partial charge in [0.15, 0.2) is 5.78 Å². The maximum Gasteiger partial charge on any atom is 0.164 e. The fourth-order valence-electron chi connectivity index (χ4n) is 2.83. The van der Waals surface area contributed by atoms with Crippen molar-refractivity contribution < 1.29 is 4.79 Å². The van der Waals surface area contributed by atoms with Gasteiger partial charge in [-0.2, -0.15) is 0 Å². The quantitative estimate of drug-likeness (QED) is 0.825. The van der Waals surface area contributed by atoms with E-state index in [9.17, 15) is 4.79 Å². The molecule has 98 valence electrons. The van der Waals surface area contributed by atoms with Crippen LogP contribution in [0, 0.1) is 5.92 Å². The number of rotatable bonds is 4. The van der Waals surface area contributed by atoms with E-state index in [-0.39, 0.29) is 5.78 Å². The molecule has 0 unspecified atom stereocenters. The smallest absolute Gasteiger partial charge is 0.164 e. The zero-order chi connectivity index (χ0) is 13.0. The van der Waals surface area contributed by atoms with Crippen molar-refractivity contribution in [2.45, 2.75) is 44.9 Å². The van der Waals surface area contributed by atoms with Crippen molar-refractivity contribution in [3.8, 4) is 0 Å². The maximum absolute atomic E-state index is 11.9. The van der Waals surface area contributed by atoms with Gasteiger partial charge < -0.3 is 5.73 Å². The molecule has 0 aromatic heterocycles. The Labute approximate surface area is 110 Å². The molecule has 0 aliphatic heterocycles. The summed E-state index contributed by atoms with van der Waals surface area (Å²) in [6.07, 6.45) is 5.59. The Bertz CT molecular complexity index is 405. The molecule has 0 spiro atoms. The van der Waals surface area contributed by atoms with Crippen LogP contribution in [0.5, 0.6) is 0 Å². The first-order valence-electron chi connectivity index (χ1n) is 7.04. The van der Waals surface area contributed by atoms with Gasteiger partial charge in [0, 0.05) is 12.0 Å². The molecule has 2 nitrogen and oxygen atoms in total. The fourth-order valence-corrected chi connectivity index (χ4v) is 2.83. The molecule has 2 heteroatoms. The Hall–Kier alpha value is -1.15.